The first-order valence-corrected chi connectivity index (χ1v) is 4.77. The molecular weight excluding hydrogens is 212 g/mol. The van der Waals surface area contributed by atoms with E-state index in [9.17, 15) is 4.79 Å². The SMILES string of the molecule is COCCNc1cccc(OCC(=O)O)n1. The van der Waals surface area contributed by atoms with Gasteiger partial charge >= 0.3 is 5.97 Å². The number of carbonyl (C=O) groups is 1. The van der Waals surface area contributed by atoms with Crippen molar-refractivity contribution in [2.24, 2.45) is 0 Å². The van der Waals surface area contributed by atoms with Crippen molar-refractivity contribution >= 4 is 11.8 Å². The molecule has 0 fully saturated rings. The Morgan fingerprint density at radius 1 is 1.56 bits per heavy atom. The second-order valence-electron chi connectivity index (χ2n) is 2.96. The zero-order chi connectivity index (χ0) is 11.8. The summed E-state index contributed by atoms with van der Waals surface area (Å²) in [5, 5.41) is 11.4. The molecule has 6 heteroatoms. The van der Waals surface area contributed by atoms with Gasteiger partial charge in [0.25, 0.3) is 0 Å². The fourth-order valence-electron chi connectivity index (χ4n) is 1.01. The molecule has 0 radical (unpaired) electrons. The Balaban J connectivity index is 2.46. The van der Waals surface area contributed by atoms with Crippen LogP contribution in [0.15, 0.2) is 18.2 Å². The van der Waals surface area contributed by atoms with Crippen LogP contribution in [0.4, 0.5) is 5.82 Å². The number of ether oxygens (including phenoxy) is 2. The van der Waals surface area contributed by atoms with Crippen molar-refractivity contribution in [1.29, 1.82) is 0 Å². The maximum atomic E-state index is 10.3. The third-order valence-corrected chi connectivity index (χ3v) is 1.68. The normalized spacial score (nSPS) is 9.81. The van der Waals surface area contributed by atoms with Crippen LogP contribution in [0.5, 0.6) is 5.88 Å². The molecular formula is C10H14N2O4. The lowest BCUT2D eigenvalue weighted by molar-refractivity contribution is -0.139. The average molecular weight is 226 g/mol. The molecule has 0 aliphatic rings. The van der Waals surface area contributed by atoms with E-state index in [-0.39, 0.29) is 5.88 Å². The van der Waals surface area contributed by atoms with Crippen LogP contribution in [0.25, 0.3) is 0 Å². The summed E-state index contributed by atoms with van der Waals surface area (Å²) in [6.45, 7) is 0.808. The summed E-state index contributed by atoms with van der Waals surface area (Å²) in [5.74, 6) is -0.121. The van der Waals surface area contributed by atoms with Crippen molar-refractivity contribution in [1.82, 2.24) is 4.98 Å². The first-order valence-electron chi connectivity index (χ1n) is 4.77. The van der Waals surface area contributed by atoms with Gasteiger partial charge in [-0.3, -0.25) is 0 Å². The first kappa shape index (κ1) is 12.3. The Kier molecular flexibility index (Phi) is 5.07. The fraction of sp³-hybridized carbons (Fsp3) is 0.400. The Hall–Kier alpha value is -1.82. The van der Waals surface area contributed by atoms with Crippen molar-refractivity contribution in [2.75, 3.05) is 32.2 Å². The summed E-state index contributed by atoms with van der Waals surface area (Å²) in [5.41, 5.74) is 0. The number of carboxylic acids is 1. The molecule has 0 amide bonds. The molecule has 16 heavy (non-hydrogen) atoms. The number of anilines is 1. The highest BCUT2D eigenvalue weighted by molar-refractivity contribution is 5.68. The number of pyridine rings is 1. The van der Waals surface area contributed by atoms with Crippen molar-refractivity contribution in [3.05, 3.63) is 18.2 Å². The van der Waals surface area contributed by atoms with Gasteiger partial charge in [0.1, 0.15) is 5.82 Å². The number of methoxy groups -OCH3 is 1. The number of rotatable bonds is 7. The van der Waals surface area contributed by atoms with Crippen LogP contribution in [-0.2, 0) is 9.53 Å². The maximum absolute atomic E-state index is 10.3. The lowest BCUT2D eigenvalue weighted by atomic mass is 10.4. The molecule has 0 aromatic carbocycles. The number of aromatic nitrogens is 1. The second-order valence-corrected chi connectivity index (χ2v) is 2.96. The van der Waals surface area contributed by atoms with E-state index >= 15 is 0 Å². The molecule has 0 unspecified atom stereocenters. The number of hydrogen-bond acceptors (Lipinski definition) is 5. The topological polar surface area (TPSA) is 80.7 Å². The summed E-state index contributed by atoms with van der Waals surface area (Å²) < 4.78 is 9.81. The molecule has 0 aliphatic carbocycles. The Morgan fingerprint density at radius 3 is 3.06 bits per heavy atom. The summed E-state index contributed by atoms with van der Waals surface area (Å²) in [4.78, 5) is 14.3. The minimum absolute atomic E-state index is 0.282. The lowest BCUT2D eigenvalue weighted by Gasteiger charge is -2.06. The van der Waals surface area contributed by atoms with Gasteiger partial charge in [0.15, 0.2) is 6.61 Å². The van der Waals surface area contributed by atoms with E-state index in [1.807, 2.05) is 0 Å². The fourth-order valence-corrected chi connectivity index (χ4v) is 1.01. The third-order valence-electron chi connectivity index (χ3n) is 1.68. The van der Waals surface area contributed by atoms with Gasteiger partial charge in [-0.25, -0.2) is 4.79 Å². The highest BCUT2D eigenvalue weighted by atomic mass is 16.5. The molecule has 0 bridgehead atoms. The zero-order valence-corrected chi connectivity index (χ0v) is 8.97. The summed E-state index contributed by atoms with van der Waals surface area (Å²) in [6, 6.07) is 5.10. The molecule has 1 heterocycles. The lowest BCUT2D eigenvalue weighted by Crippen LogP contribution is -2.12. The molecule has 6 nitrogen and oxygen atoms in total. The maximum Gasteiger partial charge on any atom is 0.341 e. The summed E-state index contributed by atoms with van der Waals surface area (Å²) >= 11 is 0. The van der Waals surface area contributed by atoms with Gasteiger partial charge in [0.05, 0.1) is 6.61 Å². The van der Waals surface area contributed by atoms with E-state index < -0.39 is 12.6 Å². The highest BCUT2D eigenvalue weighted by Crippen LogP contribution is 2.10. The van der Waals surface area contributed by atoms with Crippen LogP contribution in [0.1, 0.15) is 0 Å². The van der Waals surface area contributed by atoms with Gasteiger partial charge in [0.2, 0.25) is 5.88 Å². The van der Waals surface area contributed by atoms with E-state index in [4.69, 9.17) is 14.6 Å². The molecule has 0 saturated carbocycles. The van der Waals surface area contributed by atoms with Gasteiger partial charge in [-0.05, 0) is 6.07 Å². The van der Waals surface area contributed by atoms with Crippen LogP contribution in [-0.4, -0.2) is 42.9 Å². The predicted octanol–water partition coefficient (Wildman–Crippen LogP) is 0.603. The monoisotopic (exact) mass is 226 g/mol. The number of nitrogens with one attached hydrogen (secondary N) is 1. The molecule has 0 spiro atoms. The van der Waals surface area contributed by atoms with Gasteiger partial charge in [-0.2, -0.15) is 4.98 Å². The minimum atomic E-state index is -1.03. The molecule has 0 saturated heterocycles. The minimum Gasteiger partial charge on any atom is -0.479 e. The van der Waals surface area contributed by atoms with E-state index in [1.54, 1.807) is 25.3 Å². The van der Waals surface area contributed by atoms with Gasteiger partial charge < -0.3 is 19.9 Å². The molecule has 0 atom stereocenters. The largest absolute Gasteiger partial charge is 0.479 e. The number of nitrogens with zero attached hydrogens (tertiary/aromatic N) is 1. The molecule has 2 N–H and O–H groups in total. The third kappa shape index (κ3) is 4.61. The Morgan fingerprint density at radius 2 is 2.38 bits per heavy atom. The van der Waals surface area contributed by atoms with Gasteiger partial charge in [-0.1, -0.05) is 6.07 Å². The van der Waals surface area contributed by atoms with E-state index in [2.05, 4.69) is 10.3 Å². The highest BCUT2D eigenvalue weighted by Gasteiger charge is 2.01. The Labute approximate surface area is 93.2 Å². The number of carboxylic acid groups (broad SMARTS) is 1. The molecule has 1 rings (SSSR count). The molecule has 1 aromatic heterocycles. The smallest absolute Gasteiger partial charge is 0.341 e. The van der Waals surface area contributed by atoms with Crippen LogP contribution < -0.4 is 10.1 Å². The van der Waals surface area contributed by atoms with Crippen LogP contribution >= 0.6 is 0 Å². The van der Waals surface area contributed by atoms with Crippen molar-refractivity contribution in [3.8, 4) is 5.88 Å². The van der Waals surface area contributed by atoms with E-state index in [1.165, 1.54) is 0 Å². The average Bonchev–Trinajstić information content (AvgIpc) is 2.27. The van der Waals surface area contributed by atoms with Crippen LogP contribution in [0.3, 0.4) is 0 Å². The first-order chi connectivity index (χ1) is 7.72. The van der Waals surface area contributed by atoms with Gasteiger partial charge in [-0.15, -0.1) is 0 Å². The predicted molar refractivity (Wildman–Crippen MR) is 57.7 cm³/mol. The van der Waals surface area contributed by atoms with Crippen LogP contribution in [0, 0.1) is 0 Å². The van der Waals surface area contributed by atoms with Crippen molar-refractivity contribution < 1.29 is 19.4 Å². The summed E-state index contributed by atoms with van der Waals surface area (Å²) in [7, 11) is 1.61. The van der Waals surface area contributed by atoms with Crippen LogP contribution in [0.2, 0.25) is 0 Å². The zero-order valence-electron chi connectivity index (χ0n) is 8.97. The second kappa shape index (κ2) is 6.62. The molecule has 0 aliphatic heterocycles. The molecule has 1 aromatic rings. The van der Waals surface area contributed by atoms with E-state index in [0.29, 0.717) is 19.0 Å². The van der Waals surface area contributed by atoms with Gasteiger partial charge in [0, 0.05) is 19.7 Å². The quantitative estimate of drug-likeness (QED) is 0.663. The van der Waals surface area contributed by atoms with E-state index in [0.717, 1.165) is 0 Å². The van der Waals surface area contributed by atoms with Crippen molar-refractivity contribution in [2.45, 2.75) is 0 Å². The Bertz CT molecular complexity index is 343. The summed E-state index contributed by atoms with van der Waals surface area (Å²) in [6.07, 6.45) is 0. The standard InChI is InChI=1S/C10H14N2O4/c1-15-6-5-11-8-3-2-4-9(12-8)16-7-10(13)14/h2-4H,5-7H2,1H3,(H,11,12)(H,13,14). The number of hydrogen-bond donors (Lipinski definition) is 2. The number of aliphatic carboxylic acids is 1. The molecule has 88 valence electrons. The van der Waals surface area contributed by atoms with Crippen molar-refractivity contribution in [3.63, 3.8) is 0 Å².